The summed E-state index contributed by atoms with van der Waals surface area (Å²) in [6.45, 7) is -3.71. The lowest BCUT2D eigenvalue weighted by molar-refractivity contribution is -0.131. The first-order valence-electron chi connectivity index (χ1n) is 6.81. The number of anilines is 1. The molecule has 1 fully saturated rings. The molecule has 2 atom stereocenters. The van der Waals surface area contributed by atoms with Crippen molar-refractivity contribution in [1.82, 2.24) is 0 Å². The Kier molecular flexibility index (Phi) is 5.66. The monoisotopic (exact) mass is 375 g/mol. The number of para-hydroxylation sites is 1. The summed E-state index contributed by atoms with van der Waals surface area (Å²) in [6.07, 6.45) is -1.51. The van der Waals surface area contributed by atoms with Crippen molar-refractivity contribution >= 4 is 15.8 Å². The van der Waals surface area contributed by atoms with Crippen molar-refractivity contribution in [3.05, 3.63) is 30.3 Å². The van der Waals surface area contributed by atoms with Gasteiger partial charge < -0.3 is 9.64 Å². The van der Waals surface area contributed by atoms with Crippen molar-refractivity contribution in [2.45, 2.75) is 30.7 Å². The van der Waals surface area contributed by atoms with Gasteiger partial charge in [-0.05, 0) is 18.6 Å². The third kappa shape index (κ3) is 4.54. The Morgan fingerprint density at radius 3 is 2.38 bits per heavy atom. The maximum Gasteiger partial charge on any atom is 0.523 e. The van der Waals surface area contributed by atoms with Gasteiger partial charge in [-0.25, -0.2) is 0 Å². The first-order valence-corrected chi connectivity index (χ1v) is 8.22. The zero-order valence-corrected chi connectivity index (χ0v) is 12.9. The van der Waals surface area contributed by atoms with Crippen LogP contribution in [0.3, 0.4) is 0 Å². The summed E-state index contributed by atoms with van der Waals surface area (Å²) >= 11 is 0. The number of halogens is 5. The number of hydrogen-bond acceptors (Lipinski definition) is 5. The molecule has 1 aromatic carbocycles. The average molecular weight is 375 g/mol. The summed E-state index contributed by atoms with van der Waals surface area (Å²) in [7, 11) is -5.76. The molecule has 5 nitrogen and oxygen atoms in total. The fourth-order valence-corrected chi connectivity index (χ4v) is 3.06. The van der Waals surface area contributed by atoms with Crippen LogP contribution in [0.1, 0.15) is 6.42 Å². The lowest BCUT2D eigenvalue weighted by Crippen LogP contribution is -2.34. The third-order valence-corrected chi connectivity index (χ3v) is 4.52. The largest absolute Gasteiger partial charge is 0.523 e. The van der Waals surface area contributed by atoms with Gasteiger partial charge in [0, 0.05) is 12.2 Å². The van der Waals surface area contributed by atoms with E-state index in [2.05, 4.69) is 8.92 Å². The minimum atomic E-state index is -5.76. The van der Waals surface area contributed by atoms with E-state index in [9.17, 15) is 30.4 Å². The minimum Gasteiger partial charge on any atom is -0.363 e. The van der Waals surface area contributed by atoms with Gasteiger partial charge in [0.2, 0.25) is 0 Å². The Hall–Kier alpha value is -1.46. The smallest absolute Gasteiger partial charge is 0.363 e. The van der Waals surface area contributed by atoms with Crippen molar-refractivity contribution in [3.8, 4) is 0 Å². The van der Waals surface area contributed by atoms with Gasteiger partial charge in [-0.3, -0.25) is 4.18 Å². The van der Waals surface area contributed by atoms with Gasteiger partial charge in [-0.15, -0.1) is 0 Å². The van der Waals surface area contributed by atoms with E-state index in [0.717, 1.165) is 0 Å². The molecule has 136 valence electrons. The van der Waals surface area contributed by atoms with Crippen LogP contribution in [0.15, 0.2) is 30.3 Å². The molecule has 0 N–H and O–H groups in total. The van der Waals surface area contributed by atoms with Gasteiger partial charge in [0.25, 0.3) is 0 Å². The van der Waals surface area contributed by atoms with E-state index in [1.54, 1.807) is 30.3 Å². The molecule has 24 heavy (non-hydrogen) atoms. The van der Waals surface area contributed by atoms with E-state index in [1.165, 1.54) is 4.90 Å². The third-order valence-electron chi connectivity index (χ3n) is 3.42. The molecule has 11 heteroatoms. The van der Waals surface area contributed by atoms with Crippen molar-refractivity contribution < 1.29 is 39.3 Å². The summed E-state index contributed by atoms with van der Waals surface area (Å²) in [5.74, 6) is 0. The fourth-order valence-electron chi connectivity index (χ4n) is 2.45. The number of ether oxygens (including phenoxy) is 1. The summed E-state index contributed by atoms with van der Waals surface area (Å²) in [4.78, 5) is 1.49. The van der Waals surface area contributed by atoms with Gasteiger partial charge in [-0.2, -0.15) is 30.4 Å². The molecule has 1 aliphatic heterocycles. The van der Waals surface area contributed by atoms with Crippen molar-refractivity contribution in [2.75, 3.05) is 18.1 Å². The molecule has 2 rings (SSSR count). The molecule has 0 unspecified atom stereocenters. The second-order valence-corrected chi connectivity index (χ2v) is 6.65. The molecular formula is C13H14F5NO4S. The fraction of sp³-hybridized carbons (Fsp3) is 0.538. The van der Waals surface area contributed by atoms with Crippen LogP contribution >= 0.6 is 0 Å². The van der Waals surface area contributed by atoms with E-state index >= 15 is 0 Å². The van der Waals surface area contributed by atoms with Crippen LogP contribution < -0.4 is 4.90 Å². The second-order valence-electron chi connectivity index (χ2n) is 5.09. The van der Waals surface area contributed by atoms with Gasteiger partial charge in [0.05, 0.1) is 18.8 Å². The Labute approximate surface area is 135 Å². The Morgan fingerprint density at radius 1 is 1.21 bits per heavy atom. The highest BCUT2D eigenvalue weighted by Crippen LogP contribution is 2.32. The standard InChI is InChI=1S/C13H14F5NO4S/c14-12(15)22-8-10-6-11(23-24(20,21)13(16,17)18)7-19(10)9-4-2-1-3-5-9/h1-5,10-12H,6-8H2/t10-,11+/m0/s1. The number of hydrogen-bond donors (Lipinski definition) is 0. The molecule has 0 aliphatic carbocycles. The van der Waals surface area contributed by atoms with Crippen LogP contribution in [0.5, 0.6) is 0 Å². The first-order chi connectivity index (χ1) is 11.1. The highest BCUT2D eigenvalue weighted by Gasteiger charge is 2.50. The molecule has 0 saturated carbocycles. The van der Waals surface area contributed by atoms with Gasteiger partial charge >= 0.3 is 22.2 Å². The Bertz CT molecular complexity index is 638. The molecule has 0 bridgehead atoms. The lowest BCUT2D eigenvalue weighted by Gasteiger charge is -2.26. The van der Waals surface area contributed by atoms with E-state index in [-0.39, 0.29) is 13.0 Å². The van der Waals surface area contributed by atoms with Crippen molar-refractivity contribution in [1.29, 1.82) is 0 Å². The molecule has 1 aliphatic rings. The van der Waals surface area contributed by atoms with E-state index in [1.807, 2.05) is 0 Å². The van der Waals surface area contributed by atoms with Crippen molar-refractivity contribution in [2.24, 2.45) is 0 Å². The van der Waals surface area contributed by atoms with Crippen LogP contribution in [-0.2, 0) is 19.0 Å². The minimum absolute atomic E-state index is 0.197. The summed E-state index contributed by atoms with van der Waals surface area (Å²) in [5, 5.41) is 0. The van der Waals surface area contributed by atoms with Gasteiger partial charge in [0.15, 0.2) is 0 Å². The van der Waals surface area contributed by atoms with Crippen LogP contribution in [0.2, 0.25) is 0 Å². The first kappa shape index (κ1) is 18.9. The normalized spacial score (nSPS) is 22.3. The maximum atomic E-state index is 12.4. The highest BCUT2D eigenvalue weighted by molar-refractivity contribution is 7.87. The van der Waals surface area contributed by atoms with E-state index < -0.39 is 41.0 Å². The molecule has 1 heterocycles. The predicted molar refractivity (Wildman–Crippen MR) is 74.0 cm³/mol. The molecule has 0 amide bonds. The second kappa shape index (κ2) is 7.19. The number of nitrogens with zero attached hydrogens (tertiary/aromatic N) is 1. The summed E-state index contributed by atoms with van der Waals surface area (Å²) < 4.78 is 92.3. The molecule has 0 aromatic heterocycles. The molecule has 0 radical (unpaired) electrons. The lowest BCUT2D eigenvalue weighted by atomic mass is 10.2. The van der Waals surface area contributed by atoms with Crippen LogP contribution in [0.4, 0.5) is 27.6 Å². The highest BCUT2D eigenvalue weighted by atomic mass is 32.2. The summed E-state index contributed by atoms with van der Waals surface area (Å²) in [6, 6.07) is 7.51. The summed E-state index contributed by atoms with van der Waals surface area (Å²) in [5.41, 5.74) is -5.00. The van der Waals surface area contributed by atoms with Gasteiger partial charge in [-0.1, -0.05) is 18.2 Å². The zero-order valence-electron chi connectivity index (χ0n) is 12.1. The quantitative estimate of drug-likeness (QED) is 0.435. The number of benzene rings is 1. The molecule has 0 spiro atoms. The van der Waals surface area contributed by atoms with Crippen LogP contribution in [-0.4, -0.2) is 45.8 Å². The van der Waals surface area contributed by atoms with E-state index in [0.29, 0.717) is 5.69 Å². The number of alkyl halides is 5. The predicted octanol–water partition coefficient (Wildman–Crippen LogP) is 2.74. The SMILES string of the molecule is O=S(=O)(O[C@@H]1C[C@@H](COC(F)F)N(c2ccccc2)C1)C(F)(F)F. The van der Waals surface area contributed by atoms with Crippen LogP contribution in [0.25, 0.3) is 0 Å². The Balaban J connectivity index is 2.14. The topological polar surface area (TPSA) is 55.8 Å². The number of rotatable bonds is 6. The van der Waals surface area contributed by atoms with Crippen molar-refractivity contribution in [3.63, 3.8) is 0 Å². The average Bonchev–Trinajstić information content (AvgIpc) is 2.87. The molecule has 1 saturated heterocycles. The van der Waals surface area contributed by atoms with Crippen LogP contribution in [0, 0.1) is 0 Å². The maximum absolute atomic E-state index is 12.4. The Morgan fingerprint density at radius 2 is 1.83 bits per heavy atom. The molecule has 1 aromatic rings. The zero-order chi connectivity index (χ0) is 18.0. The van der Waals surface area contributed by atoms with E-state index in [4.69, 9.17) is 0 Å². The van der Waals surface area contributed by atoms with Gasteiger partial charge in [0.1, 0.15) is 0 Å². The molecular weight excluding hydrogens is 361 g/mol.